The number of methoxy groups -OCH3 is 1. The molecule has 0 spiro atoms. The molecule has 0 heterocycles. The molecule has 31 heavy (non-hydrogen) atoms. The van der Waals surface area contributed by atoms with Crippen molar-refractivity contribution in [1.29, 1.82) is 0 Å². The molecule has 2 rings (SSSR count). The molecule has 0 unspecified atom stereocenters. The number of hydrogen-bond acceptors (Lipinski definition) is 5. The van der Waals surface area contributed by atoms with E-state index < -0.39 is 36.7 Å². The SMILES string of the molecule is COc1ccc2cc(C[C@H](NC(=O)N(CC(C)C)C[C@H](O)C(=O)O)C(=O)O)ccc2c1. The van der Waals surface area contributed by atoms with Gasteiger partial charge in [0.2, 0.25) is 0 Å². The smallest absolute Gasteiger partial charge is 0.334 e. The van der Waals surface area contributed by atoms with Gasteiger partial charge in [0.05, 0.1) is 13.7 Å². The summed E-state index contributed by atoms with van der Waals surface area (Å²) in [6.45, 7) is 3.38. The molecule has 168 valence electrons. The van der Waals surface area contributed by atoms with E-state index in [9.17, 15) is 24.6 Å². The highest BCUT2D eigenvalue weighted by molar-refractivity contribution is 5.86. The molecule has 0 bridgehead atoms. The van der Waals surface area contributed by atoms with Crippen LogP contribution >= 0.6 is 0 Å². The number of urea groups is 1. The molecule has 4 N–H and O–H groups in total. The number of aliphatic carboxylic acids is 2. The highest BCUT2D eigenvalue weighted by Gasteiger charge is 2.27. The van der Waals surface area contributed by atoms with Crippen molar-refractivity contribution in [2.75, 3.05) is 20.2 Å². The second kappa shape index (κ2) is 10.6. The van der Waals surface area contributed by atoms with E-state index in [1.807, 2.05) is 38.1 Å². The summed E-state index contributed by atoms with van der Waals surface area (Å²) >= 11 is 0. The molecule has 0 aliphatic rings. The minimum atomic E-state index is -1.76. The lowest BCUT2D eigenvalue weighted by molar-refractivity contribution is -0.147. The summed E-state index contributed by atoms with van der Waals surface area (Å²) in [6.07, 6.45) is -1.72. The highest BCUT2D eigenvalue weighted by Crippen LogP contribution is 2.22. The Hall–Kier alpha value is -3.33. The lowest BCUT2D eigenvalue weighted by Crippen LogP contribution is -2.52. The number of carbonyl (C=O) groups is 3. The summed E-state index contributed by atoms with van der Waals surface area (Å²) in [6, 6.07) is 9.05. The fraction of sp³-hybridized carbons (Fsp3) is 0.409. The summed E-state index contributed by atoms with van der Waals surface area (Å²) in [4.78, 5) is 36.5. The van der Waals surface area contributed by atoms with Gasteiger partial charge in [-0.15, -0.1) is 0 Å². The second-order valence-corrected chi connectivity index (χ2v) is 7.74. The number of hydrogen-bond donors (Lipinski definition) is 4. The first-order valence-electron chi connectivity index (χ1n) is 9.86. The van der Waals surface area contributed by atoms with Crippen LogP contribution in [0.3, 0.4) is 0 Å². The van der Waals surface area contributed by atoms with Gasteiger partial charge in [0.1, 0.15) is 11.8 Å². The van der Waals surface area contributed by atoms with E-state index in [0.29, 0.717) is 11.3 Å². The van der Waals surface area contributed by atoms with Crippen molar-refractivity contribution in [3.05, 3.63) is 42.0 Å². The standard InChI is InChI=1S/C22H28N2O7/c1-13(2)11-24(12-19(25)21(28)29)22(30)23-18(20(26)27)9-14-4-5-16-10-17(31-3)7-6-15(16)8-14/h4-8,10,13,18-19,25H,9,11-12H2,1-3H3,(H,23,30)(H,26,27)(H,28,29)/t18-,19-/m0/s1. The number of rotatable bonds is 10. The molecule has 2 atom stereocenters. The van der Waals surface area contributed by atoms with Crippen LogP contribution in [0.15, 0.2) is 36.4 Å². The zero-order chi connectivity index (χ0) is 23.1. The van der Waals surface area contributed by atoms with E-state index in [0.717, 1.165) is 15.7 Å². The van der Waals surface area contributed by atoms with Crippen LogP contribution in [-0.2, 0) is 16.0 Å². The summed E-state index contributed by atoms with van der Waals surface area (Å²) in [5.74, 6) is -1.96. The number of aliphatic hydroxyl groups is 1. The number of carboxylic acids is 2. The fourth-order valence-electron chi connectivity index (χ4n) is 3.17. The zero-order valence-corrected chi connectivity index (χ0v) is 17.7. The van der Waals surface area contributed by atoms with E-state index in [4.69, 9.17) is 9.84 Å². The number of carbonyl (C=O) groups excluding carboxylic acids is 1. The maximum atomic E-state index is 12.7. The van der Waals surface area contributed by atoms with Crippen LogP contribution in [-0.4, -0.2) is 70.5 Å². The van der Waals surface area contributed by atoms with Gasteiger partial charge < -0.3 is 30.3 Å². The molecule has 0 radical (unpaired) electrons. The van der Waals surface area contributed by atoms with E-state index in [2.05, 4.69) is 5.32 Å². The Bertz CT molecular complexity index is 945. The third-order valence-electron chi connectivity index (χ3n) is 4.70. The normalized spacial score (nSPS) is 12.9. The Morgan fingerprint density at radius 2 is 1.65 bits per heavy atom. The maximum absolute atomic E-state index is 12.7. The summed E-state index contributed by atoms with van der Waals surface area (Å²) in [5, 5.41) is 32.4. The average molecular weight is 432 g/mol. The van der Waals surface area contributed by atoms with Gasteiger partial charge in [-0.3, -0.25) is 0 Å². The summed E-state index contributed by atoms with van der Waals surface area (Å²) in [7, 11) is 1.58. The maximum Gasteiger partial charge on any atom is 0.334 e. The van der Waals surface area contributed by atoms with Gasteiger partial charge in [0.15, 0.2) is 6.10 Å². The predicted octanol–water partition coefficient (Wildman–Crippen LogP) is 1.96. The number of aliphatic hydroxyl groups excluding tert-OH is 1. The van der Waals surface area contributed by atoms with Gasteiger partial charge in [-0.25, -0.2) is 14.4 Å². The van der Waals surface area contributed by atoms with Crippen LogP contribution in [0.2, 0.25) is 0 Å². The first-order valence-corrected chi connectivity index (χ1v) is 9.86. The topological polar surface area (TPSA) is 136 Å². The average Bonchev–Trinajstić information content (AvgIpc) is 2.71. The minimum absolute atomic E-state index is 0.00694. The van der Waals surface area contributed by atoms with Gasteiger partial charge in [0.25, 0.3) is 0 Å². The van der Waals surface area contributed by atoms with E-state index >= 15 is 0 Å². The molecular formula is C22H28N2O7. The van der Waals surface area contributed by atoms with Crippen molar-refractivity contribution in [3.63, 3.8) is 0 Å². The molecule has 0 saturated carbocycles. The summed E-state index contributed by atoms with van der Waals surface area (Å²) in [5.41, 5.74) is 0.714. The van der Waals surface area contributed by atoms with Crippen LogP contribution in [0.25, 0.3) is 10.8 Å². The number of benzene rings is 2. The number of nitrogens with one attached hydrogen (secondary N) is 1. The van der Waals surface area contributed by atoms with Crippen molar-refractivity contribution >= 4 is 28.7 Å². The Labute approximate surface area is 180 Å². The monoisotopic (exact) mass is 432 g/mol. The molecule has 0 aliphatic heterocycles. The first kappa shape index (κ1) is 23.9. The van der Waals surface area contributed by atoms with E-state index in [-0.39, 0.29) is 18.9 Å². The van der Waals surface area contributed by atoms with Gasteiger partial charge in [0, 0.05) is 13.0 Å². The molecular weight excluding hydrogens is 404 g/mol. The third kappa shape index (κ3) is 6.85. The molecule has 0 fully saturated rings. The van der Waals surface area contributed by atoms with Crippen molar-refractivity contribution in [2.45, 2.75) is 32.4 Å². The van der Waals surface area contributed by atoms with Crippen molar-refractivity contribution < 1.29 is 34.4 Å². The Morgan fingerprint density at radius 1 is 1.00 bits per heavy atom. The molecule has 2 aromatic rings. The largest absolute Gasteiger partial charge is 0.497 e. The van der Waals surface area contributed by atoms with Gasteiger partial charge in [-0.05, 0) is 34.4 Å². The Kier molecular flexibility index (Phi) is 8.21. The quantitative estimate of drug-likeness (QED) is 0.450. The Balaban J connectivity index is 2.16. The molecule has 2 aromatic carbocycles. The Morgan fingerprint density at radius 3 is 2.23 bits per heavy atom. The van der Waals surface area contributed by atoms with Crippen molar-refractivity contribution in [2.24, 2.45) is 5.92 Å². The number of carboxylic acid groups (broad SMARTS) is 2. The molecule has 9 nitrogen and oxygen atoms in total. The molecule has 0 aliphatic carbocycles. The van der Waals surface area contributed by atoms with Crippen molar-refractivity contribution in [1.82, 2.24) is 10.2 Å². The van der Waals surface area contributed by atoms with Crippen LogP contribution in [0, 0.1) is 5.92 Å². The van der Waals surface area contributed by atoms with Gasteiger partial charge >= 0.3 is 18.0 Å². The minimum Gasteiger partial charge on any atom is -0.497 e. The first-order chi connectivity index (χ1) is 14.6. The van der Waals surface area contributed by atoms with E-state index in [1.165, 1.54) is 0 Å². The summed E-state index contributed by atoms with van der Waals surface area (Å²) < 4.78 is 5.20. The van der Waals surface area contributed by atoms with Gasteiger partial charge in [-0.2, -0.15) is 0 Å². The fourth-order valence-corrected chi connectivity index (χ4v) is 3.17. The molecule has 0 aromatic heterocycles. The number of amides is 2. The molecule has 9 heteroatoms. The number of nitrogens with zero attached hydrogens (tertiary/aromatic N) is 1. The van der Waals surface area contributed by atoms with Crippen LogP contribution < -0.4 is 10.1 Å². The lowest BCUT2D eigenvalue weighted by Gasteiger charge is -2.27. The molecule has 2 amide bonds. The number of ether oxygens (including phenoxy) is 1. The van der Waals surface area contributed by atoms with E-state index in [1.54, 1.807) is 19.2 Å². The zero-order valence-electron chi connectivity index (χ0n) is 17.7. The highest BCUT2D eigenvalue weighted by atomic mass is 16.5. The van der Waals surface area contributed by atoms with Crippen LogP contribution in [0.1, 0.15) is 19.4 Å². The number of fused-ring (bicyclic) bond motifs is 1. The molecule has 0 saturated heterocycles. The third-order valence-corrected chi connectivity index (χ3v) is 4.70. The second-order valence-electron chi connectivity index (χ2n) is 7.74. The van der Waals surface area contributed by atoms with Crippen LogP contribution in [0.5, 0.6) is 5.75 Å². The van der Waals surface area contributed by atoms with Crippen LogP contribution in [0.4, 0.5) is 4.79 Å². The lowest BCUT2D eigenvalue weighted by atomic mass is 10.0. The predicted molar refractivity (Wildman–Crippen MR) is 114 cm³/mol. The van der Waals surface area contributed by atoms with Gasteiger partial charge in [-0.1, -0.05) is 38.1 Å². The van der Waals surface area contributed by atoms with Crippen molar-refractivity contribution in [3.8, 4) is 5.75 Å².